The smallest absolute Gasteiger partial charge is 0.324 e. The molecule has 1 aromatic heterocycles. The molecular weight excluding hydrogens is 327 g/mol. The van der Waals surface area contributed by atoms with Crippen LogP contribution >= 0.6 is 27.3 Å². The predicted octanol–water partition coefficient (Wildman–Crippen LogP) is 5.01. The lowest BCUT2D eigenvalue weighted by molar-refractivity contribution is -0.136. The van der Waals surface area contributed by atoms with Crippen molar-refractivity contribution < 1.29 is 13.2 Å². The van der Waals surface area contributed by atoms with Gasteiger partial charge < -0.3 is 5.73 Å². The largest absolute Gasteiger partial charge is 0.389 e. The molecule has 1 nitrogen and oxygen atoms in total. The van der Waals surface area contributed by atoms with Crippen molar-refractivity contribution in [3.05, 3.63) is 33.6 Å². The molecule has 1 unspecified atom stereocenters. The van der Waals surface area contributed by atoms with E-state index in [0.717, 1.165) is 20.1 Å². The third kappa shape index (κ3) is 3.05. The van der Waals surface area contributed by atoms with Gasteiger partial charge in [0.2, 0.25) is 0 Å². The molecular formula is C12H11BrF3NS. The highest BCUT2D eigenvalue weighted by molar-refractivity contribution is 9.10. The summed E-state index contributed by atoms with van der Waals surface area (Å²) >= 11 is 4.91. The van der Waals surface area contributed by atoms with Gasteiger partial charge in [0, 0.05) is 21.6 Å². The minimum Gasteiger partial charge on any atom is -0.324 e. The summed E-state index contributed by atoms with van der Waals surface area (Å²) in [5.41, 5.74) is 6.65. The topological polar surface area (TPSA) is 26.0 Å². The average Bonchev–Trinajstić information content (AvgIpc) is 2.70. The van der Waals surface area contributed by atoms with E-state index >= 15 is 0 Å². The lowest BCUT2D eigenvalue weighted by Gasteiger charge is -2.12. The van der Waals surface area contributed by atoms with Crippen LogP contribution in [0.2, 0.25) is 0 Å². The van der Waals surface area contributed by atoms with E-state index in [1.807, 2.05) is 23.6 Å². The molecule has 0 spiro atoms. The molecule has 1 aromatic carbocycles. The highest BCUT2D eigenvalue weighted by Gasteiger charge is 2.28. The number of hydrogen-bond acceptors (Lipinski definition) is 2. The van der Waals surface area contributed by atoms with E-state index in [-0.39, 0.29) is 6.42 Å². The Kier molecular flexibility index (Phi) is 3.99. The van der Waals surface area contributed by atoms with Crippen LogP contribution in [0.4, 0.5) is 13.2 Å². The van der Waals surface area contributed by atoms with Crippen LogP contribution in [0, 0.1) is 0 Å². The Morgan fingerprint density at radius 1 is 1.33 bits per heavy atom. The minimum absolute atomic E-state index is 0.0815. The van der Waals surface area contributed by atoms with Gasteiger partial charge in [0.25, 0.3) is 0 Å². The minimum atomic E-state index is -4.15. The van der Waals surface area contributed by atoms with Crippen LogP contribution < -0.4 is 5.73 Å². The molecule has 0 amide bonds. The number of nitrogens with two attached hydrogens (primary N) is 1. The summed E-state index contributed by atoms with van der Waals surface area (Å²) in [6.45, 7) is 0. The summed E-state index contributed by atoms with van der Waals surface area (Å²) in [7, 11) is 0. The summed E-state index contributed by atoms with van der Waals surface area (Å²) in [5, 5.41) is 2.78. The van der Waals surface area contributed by atoms with Crippen molar-refractivity contribution in [3.8, 4) is 0 Å². The molecule has 0 aliphatic heterocycles. The van der Waals surface area contributed by atoms with Crippen LogP contribution in [0.3, 0.4) is 0 Å². The third-order valence-corrected chi connectivity index (χ3v) is 4.69. The molecule has 0 saturated heterocycles. The van der Waals surface area contributed by atoms with E-state index in [1.54, 1.807) is 0 Å². The number of halogens is 4. The standard InChI is InChI=1S/C12H11BrF3NS/c13-9-3-1-2-7-8(6-18-11(7)9)10(17)4-5-12(14,15)16/h1-3,6,10H,4-5,17H2. The summed E-state index contributed by atoms with van der Waals surface area (Å²) in [6.07, 6.45) is -5.08. The molecule has 1 atom stereocenters. The van der Waals surface area contributed by atoms with E-state index in [9.17, 15) is 13.2 Å². The third-order valence-electron chi connectivity index (χ3n) is 2.72. The van der Waals surface area contributed by atoms with Gasteiger partial charge in [-0.1, -0.05) is 12.1 Å². The first-order valence-corrected chi connectivity index (χ1v) is 7.03. The molecule has 98 valence electrons. The van der Waals surface area contributed by atoms with E-state index in [2.05, 4.69) is 15.9 Å². The van der Waals surface area contributed by atoms with E-state index < -0.39 is 18.6 Å². The Bertz CT molecular complexity index is 550. The fourth-order valence-corrected chi connectivity index (χ4v) is 3.49. The fraction of sp³-hybridized carbons (Fsp3) is 0.333. The molecule has 6 heteroatoms. The van der Waals surface area contributed by atoms with Crippen molar-refractivity contribution >= 4 is 37.4 Å². The van der Waals surface area contributed by atoms with Gasteiger partial charge in [-0.15, -0.1) is 11.3 Å². The van der Waals surface area contributed by atoms with Gasteiger partial charge in [0.15, 0.2) is 0 Å². The first-order chi connectivity index (χ1) is 8.38. The number of alkyl halides is 3. The normalized spacial score (nSPS) is 14.1. The maximum Gasteiger partial charge on any atom is 0.389 e. The highest BCUT2D eigenvalue weighted by atomic mass is 79.9. The molecule has 0 fully saturated rings. The van der Waals surface area contributed by atoms with Crippen LogP contribution in [0.25, 0.3) is 10.1 Å². The summed E-state index contributed by atoms with van der Waals surface area (Å²) < 4.78 is 38.5. The first kappa shape index (κ1) is 13.8. The van der Waals surface area contributed by atoms with Crippen LogP contribution in [0.15, 0.2) is 28.1 Å². The second kappa shape index (κ2) is 5.19. The second-order valence-electron chi connectivity index (χ2n) is 4.07. The van der Waals surface area contributed by atoms with Crippen molar-refractivity contribution in [1.82, 2.24) is 0 Å². The molecule has 0 radical (unpaired) electrons. The fourth-order valence-electron chi connectivity index (χ4n) is 1.80. The average molecular weight is 338 g/mol. The molecule has 0 aliphatic rings. The maximum atomic E-state index is 12.2. The van der Waals surface area contributed by atoms with E-state index in [4.69, 9.17) is 5.73 Å². The van der Waals surface area contributed by atoms with Gasteiger partial charge in [0.1, 0.15) is 0 Å². The molecule has 2 aromatic rings. The Labute approximate surface area is 115 Å². The molecule has 18 heavy (non-hydrogen) atoms. The Morgan fingerprint density at radius 3 is 2.72 bits per heavy atom. The van der Waals surface area contributed by atoms with Crippen molar-refractivity contribution in [2.75, 3.05) is 0 Å². The molecule has 2 rings (SSSR count). The van der Waals surface area contributed by atoms with Crippen LogP contribution in [0.1, 0.15) is 24.4 Å². The molecule has 0 saturated carbocycles. The lowest BCUT2D eigenvalue weighted by Crippen LogP contribution is -2.15. The molecule has 0 aliphatic carbocycles. The molecule has 0 bridgehead atoms. The number of hydrogen-bond donors (Lipinski definition) is 1. The van der Waals surface area contributed by atoms with Gasteiger partial charge in [-0.25, -0.2) is 0 Å². The summed E-state index contributed by atoms with van der Waals surface area (Å²) in [4.78, 5) is 0. The maximum absolute atomic E-state index is 12.2. The SMILES string of the molecule is NC(CCC(F)(F)F)c1csc2c(Br)cccc12. The van der Waals surface area contributed by atoms with Crippen LogP contribution in [-0.2, 0) is 0 Å². The Hall–Kier alpha value is -0.590. The zero-order chi connectivity index (χ0) is 13.3. The zero-order valence-corrected chi connectivity index (χ0v) is 11.7. The van der Waals surface area contributed by atoms with Crippen molar-refractivity contribution in [2.45, 2.75) is 25.1 Å². The first-order valence-electron chi connectivity index (χ1n) is 5.36. The lowest BCUT2D eigenvalue weighted by atomic mass is 10.0. The Balaban J connectivity index is 2.23. The Morgan fingerprint density at radius 2 is 2.06 bits per heavy atom. The summed E-state index contributed by atoms with van der Waals surface area (Å²) in [6, 6.07) is 5.08. The van der Waals surface area contributed by atoms with Crippen LogP contribution in [-0.4, -0.2) is 6.18 Å². The van der Waals surface area contributed by atoms with Gasteiger partial charge in [-0.2, -0.15) is 13.2 Å². The number of rotatable bonds is 3. The number of thiophene rings is 1. The van der Waals surface area contributed by atoms with E-state index in [0.29, 0.717) is 0 Å². The van der Waals surface area contributed by atoms with Gasteiger partial charge in [0.05, 0.1) is 0 Å². The second-order valence-corrected chi connectivity index (χ2v) is 5.80. The zero-order valence-electron chi connectivity index (χ0n) is 9.30. The van der Waals surface area contributed by atoms with Gasteiger partial charge >= 0.3 is 6.18 Å². The molecule has 1 heterocycles. The van der Waals surface area contributed by atoms with Crippen molar-refractivity contribution in [2.24, 2.45) is 5.73 Å². The molecule has 2 N–H and O–H groups in total. The van der Waals surface area contributed by atoms with Crippen LogP contribution in [0.5, 0.6) is 0 Å². The predicted molar refractivity (Wildman–Crippen MR) is 71.7 cm³/mol. The van der Waals surface area contributed by atoms with Crippen molar-refractivity contribution in [3.63, 3.8) is 0 Å². The quantitative estimate of drug-likeness (QED) is 0.837. The van der Waals surface area contributed by atoms with E-state index in [1.165, 1.54) is 11.3 Å². The highest BCUT2D eigenvalue weighted by Crippen LogP contribution is 2.36. The van der Waals surface area contributed by atoms with Gasteiger partial charge in [-0.05, 0) is 44.7 Å². The monoisotopic (exact) mass is 337 g/mol. The number of benzene rings is 1. The van der Waals surface area contributed by atoms with Crippen molar-refractivity contribution in [1.29, 1.82) is 0 Å². The van der Waals surface area contributed by atoms with Gasteiger partial charge in [-0.3, -0.25) is 0 Å². The summed E-state index contributed by atoms with van der Waals surface area (Å²) in [5.74, 6) is 0. The number of fused-ring (bicyclic) bond motifs is 1.